The molecule has 0 spiro atoms. The topological polar surface area (TPSA) is 62.7 Å². The summed E-state index contributed by atoms with van der Waals surface area (Å²) in [5.41, 5.74) is 4.70. The number of nitrogens with one attached hydrogen (secondary N) is 2. The zero-order valence-electron chi connectivity index (χ0n) is 15.5. The summed E-state index contributed by atoms with van der Waals surface area (Å²) in [6, 6.07) is 10.5. The largest absolute Gasteiger partial charge is 0.381 e. The van der Waals surface area contributed by atoms with Gasteiger partial charge in [0.25, 0.3) is 0 Å². The van der Waals surface area contributed by atoms with Gasteiger partial charge in [0.1, 0.15) is 21.5 Å². The Hall–Kier alpha value is -2.51. The SMILES string of the molecule is CCc1ccccc1NCc1c(C)nsc1Nc1nc(C)nc2sccc12. The van der Waals surface area contributed by atoms with Crippen molar-refractivity contribution in [2.75, 3.05) is 10.6 Å². The van der Waals surface area contributed by atoms with Gasteiger partial charge in [-0.05, 0) is 54.9 Å². The molecular weight excluding hydrogens is 374 g/mol. The van der Waals surface area contributed by atoms with Gasteiger partial charge in [-0.15, -0.1) is 11.3 Å². The lowest BCUT2D eigenvalue weighted by molar-refractivity contribution is 1.07. The Balaban J connectivity index is 1.61. The van der Waals surface area contributed by atoms with Gasteiger partial charge in [-0.2, -0.15) is 4.37 Å². The molecule has 0 atom stereocenters. The molecule has 5 nitrogen and oxygen atoms in total. The van der Waals surface area contributed by atoms with E-state index in [0.29, 0.717) is 0 Å². The molecule has 2 N–H and O–H groups in total. The molecule has 4 rings (SSSR count). The molecule has 0 radical (unpaired) electrons. The molecule has 0 fully saturated rings. The summed E-state index contributed by atoms with van der Waals surface area (Å²) in [5, 5.41) is 11.2. The van der Waals surface area contributed by atoms with Gasteiger partial charge in [-0.1, -0.05) is 25.1 Å². The van der Waals surface area contributed by atoms with Gasteiger partial charge in [0, 0.05) is 17.8 Å². The standard InChI is InChI=1S/C20H21N5S2/c1-4-14-7-5-6-8-17(14)21-11-16-12(2)25-27-20(16)24-18-15-9-10-26-19(15)23-13(3)22-18/h5-10,21H,4,11H2,1-3H3,(H,22,23,24). The highest BCUT2D eigenvalue weighted by Gasteiger charge is 2.14. The second kappa shape index (κ2) is 7.62. The van der Waals surface area contributed by atoms with Crippen LogP contribution in [-0.2, 0) is 13.0 Å². The number of fused-ring (bicyclic) bond motifs is 1. The minimum absolute atomic E-state index is 0.721. The van der Waals surface area contributed by atoms with Crippen LogP contribution in [0.15, 0.2) is 35.7 Å². The Bertz CT molecular complexity index is 1080. The number of para-hydroxylation sites is 1. The van der Waals surface area contributed by atoms with Crippen LogP contribution < -0.4 is 10.6 Å². The van der Waals surface area contributed by atoms with Crippen molar-refractivity contribution < 1.29 is 0 Å². The Labute approximate surface area is 166 Å². The average Bonchev–Trinajstić information content (AvgIpc) is 3.27. The van der Waals surface area contributed by atoms with Crippen LogP contribution in [-0.4, -0.2) is 14.3 Å². The Morgan fingerprint density at radius 2 is 1.93 bits per heavy atom. The fourth-order valence-electron chi connectivity index (χ4n) is 3.04. The fraction of sp³-hybridized carbons (Fsp3) is 0.250. The highest BCUT2D eigenvalue weighted by molar-refractivity contribution is 7.16. The van der Waals surface area contributed by atoms with Crippen molar-refractivity contribution in [2.24, 2.45) is 0 Å². The lowest BCUT2D eigenvalue weighted by Gasteiger charge is -2.12. The van der Waals surface area contributed by atoms with Gasteiger partial charge in [0.2, 0.25) is 0 Å². The van der Waals surface area contributed by atoms with E-state index in [9.17, 15) is 0 Å². The molecule has 0 saturated heterocycles. The smallest absolute Gasteiger partial charge is 0.143 e. The molecule has 0 aliphatic carbocycles. The summed E-state index contributed by atoms with van der Waals surface area (Å²) < 4.78 is 4.56. The van der Waals surface area contributed by atoms with Crippen molar-refractivity contribution in [3.63, 3.8) is 0 Å². The number of aryl methyl sites for hydroxylation is 3. The third kappa shape index (κ3) is 3.65. The maximum Gasteiger partial charge on any atom is 0.143 e. The van der Waals surface area contributed by atoms with Crippen molar-refractivity contribution in [3.05, 3.63) is 58.4 Å². The molecule has 138 valence electrons. The maximum atomic E-state index is 4.61. The van der Waals surface area contributed by atoms with Gasteiger partial charge < -0.3 is 10.6 Å². The lowest BCUT2D eigenvalue weighted by atomic mass is 10.1. The number of hydrogen-bond donors (Lipinski definition) is 2. The lowest BCUT2D eigenvalue weighted by Crippen LogP contribution is -2.05. The van der Waals surface area contributed by atoms with E-state index >= 15 is 0 Å². The third-order valence-electron chi connectivity index (χ3n) is 4.51. The normalized spacial score (nSPS) is 11.1. The van der Waals surface area contributed by atoms with Gasteiger partial charge in [0.15, 0.2) is 0 Å². The summed E-state index contributed by atoms with van der Waals surface area (Å²) >= 11 is 3.11. The first-order valence-electron chi connectivity index (χ1n) is 8.91. The zero-order valence-corrected chi connectivity index (χ0v) is 17.2. The molecule has 0 saturated carbocycles. The van der Waals surface area contributed by atoms with Gasteiger partial charge in [-0.3, -0.25) is 0 Å². The molecular formula is C20H21N5S2. The third-order valence-corrected chi connectivity index (χ3v) is 6.21. The van der Waals surface area contributed by atoms with E-state index in [4.69, 9.17) is 0 Å². The maximum absolute atomic E-state index is 4.61. The molecule has 3 heterocycles. The molecule has 0 unspecified atom stereocenters. The molecule has 0 aliphatic rings. The molecule has 0 amide bonds. The molecule has 0 bridgehead atoms. The van der Waals surface area contributed by atoms with Crippen LogP contribution in [0.25, 0.3) is 10.2 Å². The quantitative estimate of drug-likeness (QED) is 0.439. The second-order valence-electron chi connectivity index (χ2n) is 6.32. The monoisotopic (exact) mass is 395 g/mol. The van der Waals surface area contributed by atoms with E-state index in [1.807, 2.05) is 12.3 Å². The Morgan fingerprint density at radius 3 is 2.78 bits per heavy atom. The number of nitrogens with zero attached hydrogens (tertiary/aromatic N) is 3. The van der Waals surface area contributed by atoms with Crippen LogP contribution >= 0.6 is 22.9 Å². The fourth-order valence-corrected chi connectivity index (χ4v) is 4.66. The number of rotatable bonds is 6. The number of thiophene rings is 1. The van der Waals surface area contributed by atoms with Crippen LogP contribution in [0.1, 0.15) is 29.6 Å². The second-order valence-corrected chi connectivity index (χ2v) is 7.99. The van der Waals surface area contributed by atoms with E-state index in [1.165, 1.54) is 28.3 Å². The minimum atomic E-state index is 0.721. The van der Waals surface area contributed by atoms with Crippen LogP contribution in [0.3, 0.4) is 0 Å². The van der Waals surface area contributed by atoms with E-state index in [2.05, 4.69) is 69.2 Å². The first kappa shape index (κ1) is 17.9. The Morgan fingerprint density at radius 1 is 1.07 bits per heavy atom. The first-order chi connectivity index (χ1) is 13.2. The molecule has 27 heavy (non-hydrogen) atoms. The van der Waals surface area contributed by atoms with Crippen LogP contribution in [0.4, 0.5) is 16.5 Å². The van der Waals surface area contributed by atoms with Crippen LogP contribution in [0, 0.1) is 13.8 Å². The Kier molecular flexibility index (Phi) is 5.05. The van der Waals surface area contributed by atoms with E-state index in [-0.39, 0.29) is 0 Å². The first-order valence-corrected chi connectivity index (χ1v) is 10.6. The summed E-state index contributed by atoms with van der Waals surface area (Å²) in [6.45, 7) is 6.87. The molecule has 4 aromatic rings. The summed E-state index contributed by atoms with van der Waals surface area (Å²) in [7, 11) is 0. The number of benzene rings is 1. The predicted octanol–water partition coefficient (Wildman–Crippen LogP) is 5.68. The van der Waals surface area contributed by atoms with Crippen molar-refractivity contribution in [1.82, 2.24) is 14.3 Å². The van der Waals surface area contributed by atoms with E-state index in [0.717, 1.165) is 45.5 Å². The van der Waals surface area contributed by atoms with E-state index in [1.54, 1.807) is 11.3 Å². The number of anilines is 3. The molecule has 1 aromatic carbocycles. The van der Waals surface area contributed by atoms with Crippen molar-refractivity contribution in [3.8, 4) is 0 Å². The van der Waals surface area contributed by atoms with Gasteiger partial charge >= 0.3 is 0 Å². The summed E-state index contributed by atoms with van der Waals surface area (Å²) in [6.07, 6.45) is 1.01. The summed E-state index contributed by atoms with van der Waals surface area (Å²) in [4.78, 5) is 10.1. The average molecular weight is 396 g/mol. The van der Waals surface area contributed by atoms with E-state index < -0.39 is 0 Å². The van der Waals surface area contributed by atoms with Crippen LogP contribution in [0.5, 0.6) is 0 Å². The molecule has 3 aromatic heterocycles. The van der Waals surface area contributed by atoms with Crippen molar-refractivity contribution in [2.45, 2.75) is 33.7 Å². The van der Waals surface area contributed by atoms with Crippen molar-refractivity contribution >= 4 is 49.6 Å². The van der Waals surface area contributed by atoms with Crippen molar-refractivity contribution in [1.29, 1.82) is 0 Å². The highest BCUT2D eigenvalue weighted by atomic mass is 32.1. The highest BCUT2D eigenvalue weighted by Crippen LogP contribution is 2.32. The van der Waals surface area contributed by atoms with Crippen LogP contribution in [0.2, 0.25) is 0 Å². The number of hydrogen-bond acceptors (Lipinski definition) is 7. The minimum Gasteiger partial charge on any atom is -0.381 e. The summed E-state index contributed by atoms with van der Waals surface area (Å²) in [5.74, 6) is 1.61. The molecule has 7 heteroatoms. The number of aromatic nitrogens is 3. The van der Waals surface area contributed by atoms with Gasteiger partial charge in [-0.25, -0.2) is 9.97 Å². The predicted molar refractivity (Wildman–Crippen MR) is 115 cm³/mol. The van der Waals surface area contributed by atoms with Gasteiger partial charge in [0.05, 0.1) is 11.1 Å². The molecule has 0 aliphatic heterocycles. The zero-order chi connectivity index (χ0) is 18.8.